The predicted molar refractivity (Wildman–Crippen MR) is 57.8 cm³/mol. The lowest BCUT2D eigenvalue weighted by Crippen LogP contribution is -2.44. The molecule has 6 heteroatoms. The Morgan fingerprint density at radius 1 is 1.62 bits per heavy atom. The predicted octanol–water partition coefficient (Wildman–Crippen LogP) is -0.509. The van der Waals surface area contributed by atoms with Gasteiger partial charge < -0.3 is 14.4 Å². The maximum Gasteiger partial charge on any atom is 0.158 e. The van der Waals surface area contributed by atoms with Gasteiger partial charge in [-0.15, -0.1) is 10.2 Å². The molecule has 0 aromatic carbocycles. The quantitative estimate of drug-likeness (QED) is 0.749. The van der Waals surface area contributed by atoms with Crippen LogP contribution in [0.1, 0.15) is 12.7 Å². The average molecular weight is 226 g/mol. The molecular weight excluding hydrogens is 208 g/mol. The van der Waals surface area contributed by atoms with E-state index in [0.717, 1.165) is 26.2 Å². The monoisotopic (exact) mass is 226 g/mol. The summed E-state index contributed by atoms with van der Waals surface area (Å²) in [4.78, 5) is 2.36. The van der Waals surface area contributed by atoms with E-state index in [2.05, 4.69) is 22.0 Å². The molecule has 0 bridgehead atoms. The molecule has 0 amide bonds. The standard InChI is InChI=1S/C10H18N4O2/c1-2-13-3-4-16-9(5-13)6-14-8-11-12-10(14)7-15/h8-9,15H,2-7H2,1H3. The summed E-state index contributed by atoms with van der Waals surface area (Å²) in [6.07, 6.45) is 1.80. The number of nitrogens with zero attached hydrogens (tertiary/aromatic N) is 4. The summed E-state index contributed by atoms with van der Waals surface area (Å²) in [5.41, 5.74) is 0. The molecule has 1 N–H and O–H groups in total. The van der Waals surface area contributed by atoms with E-state index < -0.39 is 0 Å². The van der Waals surface area contributed by atoms with Gasteiger partial charge in [-0.2, -0.15) is 0 Å². The van der Waals surface area contributed by atoms with Gasteiger partial charge in [0.05, 0.1) is 19.3 Å². The van der Waals surface area contributed by atoms with Crippen LogP contribution in [0.3, 0.4) is 0 Å². The Morgan fingerprint density at radius 3 is 3.25 bits per heavy atom. The number of aliphatic hydroxyl groups is 1. The lowest BCUT2D eigenvalue weighted by Gasteiger charge is -2.32. The summed E-state index contributed by atoms with van der Waals surface area (Å²) in [6, 6.07) is 0. The zero-order valence-electron chi connectivity index (χ0n) is 9.54. The van der Waals surface area contributed by atoms with E-state index in [1.165, 1.54) is 0 Å². The first kappa shape index (κ1) is 11.5. The molecule has 1 aliphatic heterocycles. The Kier molecular flexibility index (Phi) is 3.87. The minimum absolute atomic E-state index is 0.0792. The third kappa shape index (κ3) is 2.58. The number of rotatable bonds is 4. The van der Waals surface area contributed by atoms with Gasteiger partial charge in [0, 0.05) is 13.1 Å². The molecule has 1 aliphatic rings. The van der Waals surface area contributed by atoms with Gasteiger partial charge in [0.15, 0.2) is 5.82 Å². The Balaban J connectivity index is 1.93. The number of hydrogen-bond donors (Lipinski definition) is 1. The van der Waals surface area contributed by atoms with Crippen molar-refractivity contribution in [1.29, 1.82) is 0 Å². The summed E-state index contributed by atoms with van der Waals surface area (Å²) < 4.78 is 7.53. The van der Waals surface area contributed by atoms with Crippen molar-refractivity contribution in [3.63, 3.8) is 0 Å². The number of morpholine rings is 1. The first-order chi connectivity index (χ1) is 7.83. The van der Waals surface area contributed by atoms with Crippen molar-refractivity contribution >= 4 is 0 Å². The number of likely N-dealkylation sites (N-methyl/N-ethyl adjacent to an activating group) is 1. The Bertz CT molecular complexity index is 328. The number of aliphatic hydroxyl groups excluding tert-OH is 1. The summed E-state index contributed by atoms with van der Waals surface area (Å²) in [6.45, 7) is 6.54. The minimum Gasteiger partial charge on any atom is -0.388 e. The van der Waals surface area contributed by atoms with Crippen molar-refractivity contribution < 1.29 is 9.84 Å². The molecule has 1 aromatic rings. The van der Waals surface area contributed by atoms with Crippen LogP contribution in [0.2, 0.25) is 0 Å². The smallest absolute Gasteiger partial charge is 0.158 e. The normalized spacial score (nSPS) is 22.5. The summed E-state index contributed by atoms with van der Waals surface area (Å²) in [7, 11) is 0. The highest BCUT2D eigenvalue weighted by Crippen LogP contribution is 2.08. The van der Waals surface area contributed by atoms with Crippen LogP contribution in [-0.2, 0) is 17.9 Å². The van der Waals surface area contributed by atoms with Gasteiger partial charge in [0.2, 0.25) is 0 Å². The number of hydrogen-bond acceptors (Lipinski definition) is 5. The van der Waals surface area contributed by atoms with Crippen LogP contribution in [-0.4, -0.2) is 57.1 Å². The van der Waals surface area contributed by atoms with E-state index in [9.17, 15) is 0 Å². The highest BCUT2D eigenvalue weighted by molar-refractivity contribution is 4.84. The molecule has 1 fully saturated rings. The molecule has 1 atom stereocenters. The lowest BCUT2D eigenvalue weighted by molar-refractivity contribution is -0.0349. The van der Waals surface area contributed by atoms with E-state index in [4.69, 9.17) is 9.84 Å². The summed E-state index contributed by atoms with van der Waals surface area (Å²) in [5, 5.41) is 16.7. The first-order valence-electron chi connectivity index (χ1n) is 5.65. The van der Waals surface area contributed by atoms with Gasteiger partial charge in [0.25, 0.3) is 0 Å². The number of aromatic nitrogens is 3. The highest BCUT2D eigenvalue weighted by Gasteiger charge is 2.20. The first-order valence-corrected chi connectivity index (χ1v) is 5.65. The fourth-order valence-electron chi connectivity index (χ4n) is 1.95. The molecule has 16 heavy (non-hydrogen) atoms. The van der Waals surface area contributed by atoms with Crippen molar-refractivity contribution in [3.8, 4) is 0 Å². The third-order valence-corrected chi connectivity index (χ3v) is 2.91. The molecule has 1 aromatic heterocycles. The fourth-order valence-corrected chi connectivity index (χ4v) is 1.95. The van der Waals surface area contributed by atoms with Crippen molar-refractivity contribution in [3.05, 3.63) is 12.2 Å². The van der Waals surface area contributed by atoms with Crippen LogP contribution in [0.25, 0.3) is 0 Å². The van der Waals surface area contributed by atoms with E-state index in [0.29, 0.717) is 12.4 Å². The molecule has 1 unspecified atom stereocenters. The molecule has 0 saturated carbocycles. The zero-order chi connectivity index (χ0) is 11.4. The van der Waals surface area contributed by atoms with E-state index >= 15 is 0 Å². The summed E-state index contributed by atoms with van der Waals surface area (Å²) >= 11 is 0. The summed E-state index contributed by atoms with van der Waals surface area (Å²) in [5.74, 6) is 0.595. The zero-order valence-corrected chi connectivity index (χ0v) is 9.54. The second kappa shape index (κ2) is 5.38. The molecule has 6 nitrogen and oxygen atoms in total. The van der Waals surface area contributed by atoms with Crippen molar-refractivity contribution in [2.45, 2.75) is 26.2 Å². The Morgan fingerprint density at radius 2 is 2.50 bits per heavy atom. The molecule has 0 spiro atoms. The molecule has 2 heterocycles. The van der Waals surface area contributed by atoms with Gasteiger partial charge in [-0.05, 0) is 6.54 Å². The van der Waals surface area contributed by atoms with E-state index in [1.54, 1.807) is 6.33 Å². The second-order valence-corrected chi connectivity index (χ2v) is 3.94. The largest absolute Gasteiger partial charge is 0.388 e. The maximum atomic E-state index is 9.06. The van der Waals surface area contributed by atoms with Crippen molar-refractivity contribution in [2.75, 3.05) is 26.2 Å². The molecule has 0 aliphatic carbocycles. The van der Waals surface area contributed by atoms with E-state index in [-0.39, 0.29) is 12.7 Å². The van der Waals surface area contributed by atoms with Crippen LogP contribution in [0.5, 0.6) is 0 Å². The van der Waals surface area contributed by atoms with Crippen LogP contribution in [0.4, 0.5) is 0 Å². The highest BCUT2D eigenvalue weighted by atomic mass is 16.5. The van der Waals surface area contributed by atoms with Crippen LogP contribution >= 0.6 is 0 Å². The fraction of sp³-hybridized carbons (Fsp3) is 0.800. The topological polar surface area (TPSA) is 63.4 Å². The van der Waals surface area contributed by atoms with Gasteiger partial charge >= 0.3 is 0 Å². The van der Waals surface area contributed by atoms with Crippen LogP contribution < -0.4 is 0 Å². The second-order valence-electron chi connectivity index (χ2n) is 3.94. The van der Waals surface area contributed by atoms with Gasteiger partial charge in [0.1, 0.15) is 12.9 Å². The molecule has 90 valence electrons. The van der Waals surface area contributed by atoms with Crippen molar-refractivity contribution in [1.82, 2.24) is 19.7 Å². The van der Waals surface area contributed by atoms with Gasteiger partial charge in [-0.1, -0.05) is 6.92 Å². The Hall–Kier alpha value is -0.980. The molecular formula is C10H18N4O2. The SMILES string of the molecule is CCN1CCOC(Cn2cnnc2CO)C1. The lowest BCUT2D eigenvalue weighted by atomic mass is 10.2. The minimum atomic E-state index is -0.0792. The third-order valence-electron chi connectivity index (χ3n) is 2.91. The Labute approximate surface area is 94.8 Å². The van der Waals surface area contributed by atoms with Gasteiger partial charge in [-0.3, -0.25) is 4.90 Å². The van der Waals surface area contributed by atoms with Crippen LogP contribution in [0.15, 0.2) is 6.33 Å². The maximum absolute atomic E-state index is 9.06. The van der Waals surface area contributed by atoms with Crippen molar-refractivity contribution in [2.24, 2.45) is 0 Å². The molecule has 2 rings (SSSR count). The van der Waals surface area contributed by atoms with Crippen LogP contribution in [0, 0.1) is 0 Å². The molecule has 1 saturated heterocycles. The number of ether oxygens (including phenoxy) is 1. The molecule has 0 radical (unpaired) electrons. The van der Waals surface area contributed by atoms with E-state index in [1.807, 2.05) is 4.57 Å². The van der Waals surface area contributed by atoms with Gasteiger partial charge in [-0.25, -0.2) is 0 Å². The average Bonchev–Trinajstić information content (AvgIpc) is 2.76.